The number of halogens is 3. The predicted molar refractivity (Wildman–Crippen MR) is 109 cm³/mol. The van der Waals surface area contributed by atoms with Gasteiger partial charge in [0.25, 0.3) is 0 Å². The molecule has 1 aliphatic rings. The Hall–Kier alpha value is -3.63. The highest BCUT2D eigenvalue weighted by atomic mass is 19.4. The number of nitrogens with zero attached hydrogens (tertiary/aromatic N) is 4. The SMILES string of the molecule is COC(=O)c1ccccc1NC(=O)N1CCC(n2c(C(F)(F)F)nc3cccnc32)CC1. The van der Waals surface area contributed by atoms with E-state index in [2.05, 4.69) is 15.3 Å². The zero-order valence-corrected chi connectivity index (χ0v) is 17.1. The summed E-state index contributed by atoms with van der Waals surface area (Å²) in [7, 11) is 1.25. The number of urea groups is 1. The number of carbonyl (C=O) groups is 2. The summed E-state index contributed by atoms with van der Waals surface area (Å²) in [5.41, 5.74) is 0.869. The van der Waals surface area contributed by atoms with Crippen molar-refractivity contribution in [3.05, 3.63) is 54.0 Å². The van der Waals surface area contributed by atoms with Gasteiger partial charge in [-0.05, 0) is 37.1 Å². The van der Waals surface area contributed by atoms with Gasteiger partial charge in [-0.2, -0.15) is 13.2 Å². The fraction of sp³-hybridized carbons (Fsp3) is 0.333. The maximum absolute atomic E-state index is 13.6. The molecular formula is C21H20F3N5O3. The topological polar surface area (TPSA) is 89.4 Å². The molecule has 2 aromatic heterocycles. The average Bonchev–Trinajstić information content (AvgIpc) is 3.19. The number of hydrogen-bond donors (Lipinski definition) is 1. The normalized spacial score (nSPS) is 15.1. The largest absolute Gasteiger partial charge is 0.465 e. The molecule has 1 saturated heterocycles. The summed E-state index contributed by atoms with van der Waals surface area (Å²) in [5.74, 6) is -1.57. The molecule has 1 fully saturated rings. The first-order valence-corrected chi connectivity index (χ1v) is 9.93. The quantitative estimate of drug-likeness (QED) is 0.611. The van der Waals surface area contributed by atoms with Crippen molar-refractivity contribution in [1.82, 2.24) is 19.4 Å². The number of carbonyl (C=O) groups excluding carboxylic acids is 2. The summed E-state index contributed by atoms with van der Waals surface area (Å²) in [6.07, 6.45) is -2.58. The van der Waals surface area contributed by atoms with E-state index in [1.54, 1.807) is 24.3 Å². The number of pyridine rings is 1. The highest BCUT2D eigenvalue weighted by molar-refractivity contribution is 6.00. The van der Waals surface area contributed by atoms with E-state index in [1.165, 1.54) is 30.3 Å². The summed E-state index contributed by atoms with van der Waals surface area (Å²) >= 11 is 0. The lowest BCUT2D eigenvalue weighted by atomic mass is 10.0. The number of imidazole rings is 1. The Bertz CT molecular complexity index is 1150. The van der Waals surface area contributed by atoms with Crippen LogP contribution in [0.1, 0.15) is 35.1 Å². The Labute approximate surface area is 181 Å². The molecule has 1 N–H and O–H groups in total. The van der Waals surface area contributed by atoms with Crippen molar-refractivity contribution in [3.63, 3.8) is 0 Å². The van der Waals surface area contributed by atoms with E-state index in [9.17, 15) is 22.8 Å². The minimum absolute atomic E-state index is 0.176. The van der Waals surface area contributed by atoms with E-state index >= 15 is 0 Å². The summed E-state index contributed by atoms with van der Waals surface area (Å²) in [6, 6.07) is 8.52. The Morgan fingerprint density at radius 2 is 1.84 bits per heavy atom. The number of methoxy groups -OCH3 is 1. The number of hydrogen-bond acceptors (Lipinski definition) is 5. The molecule has 1 aliphatic heterocycles. The van der Waals surface area contributed by atoms with E-state index in [-0.39, 0.29) is 29.8 Å². The molecule has 0 atom stereocenters. The standard InChI is InChI=1S/C21H20F3N5O3/c1-32-18(30)14-5-2-3-6-15(14)27-20(31)28-11-8-13(9-12-28)29-17-16(7-4-10-25-17)26-19(29)21(22,23)24/h2-7,10,13H,8-9,11-12H2,1H3,(H,27,31). The molecule has 0 radical (unpaired) electrons. The van der Waals surface area contributed by atoms with E-state index in [0.717, 1.165) is 4.57 Å². The van der Waals surface area contributed by atoms with Gasteiger partial charge in [0.2, 0.25) is 5.82 Å². The summed E-state index contributed by atoms with van der Waals surface area (Å²) in [6.45, 7) is 0.474. The van der Waals surface area contributed by atoms with Crippen LogP contribution in [0.4, 0.5) is 23.7 Å². The van der Waals surface area contributed by atoms with Crippen LogP contribution in [0.25, 0.3) is 11.2 Å². The molecule has 0 aliphatic carbocycles. The predicted octanol–water partition coefficient (Wildman–Crippen LogP) is 4.11. The van der Waals surface area contributed by atoms with Crippen molar-refractivity contribution < 1.29 is 27.5 Å². The van der Waals surface area contributed by atoms with Crippen LogP contribution in [-0.4, -0.2) is 51.6 Å². The van der Waals surface area contributed by atoms with Crippen LogP contribution in [0.5, 0.6) is 0 Å². The van der Waals surface area contributed by atoms with Gasteiger partial charge in [-0.3, -0.25) is 0 Å². The van der Waals surface area contributed by atoms with E-state index in [4.69, 9.17) is 4.74 Å². The first-order valence-electron chi connectivity index (χ1n) is 9.93. The number of amides is 2. The number of piperidine rings is 1. The van der Waals surface area contributed by atoms with Crippen LogP contribution < -0.4 is 5.32 Å². The second kappa shape index (κ2) is 8.48. The Morgan fingerprint density at radius 1 is 1.12 bits per heavy atom. The number of alkyl halides is 3. The molecule has 0 spiro atoms. The van der Waals surface area contributed by atoms with Crippen LogP contribution in [0, 0.1) is 0 Å². The van der Waals surface area contributed by atoms with E-state index < -0.39 is 30.0 Å². The molecule has 168 valence electrons. The summed E-state index contributed by atoms with van der Waals surface area (Å²) < 4.78 is 46.7. The number of anilines is 1. The fourth-order valence-electron chi connectivity index (χ4n) is 3.88. The lowest BCUT2D eigenvalue weighted by molar-refractivity contribution is -0.147. The van der Waals surface area contributed by atoms with Crippen molar-refractivity contribution >= 4 is 28.9 Å². The van der Waals surface area contributed by atoms with Crippen molar-refractivity contribution in [3.8, 4) is 0 Å². The maximum atomic E-state index is 13.6. The highest BCUT2D eigenvalue weighted by Crippen LogP contribution is 2.36. The van der Waals surface area contributed by atoms with Crippen LogP contribution in [0.2, 0.25) is 0 Å². The Kier molecular flexibility index (Phi) is 5.72. The van der Waals surface area contributed by atoms with Gasteiger partial charge in [0.05, 0.1) is 18.4 Å². The third-order valence-electron chi connectivity index (χ3n) is 5.39. The minimum atomic E-state index is -4.62. The van der Waals surface area contributed by atoms with Gasteiger partial charge in [0, 0.05) is 25.3 Å². The number of benzene rings is 1. The number of likely N-dealkylation sites (tertiary alicyclic amines) is 1. The molecule has 0 unspecified atom stereocenters. The number of fused-ring (bicyclic) bond motifs is 1. The minimum Gasteiger partial charge on any atom is -0.465 e. The number of esters is 1. The average molecular weight is 447 g/mol. The molecule has 32 heavy (non-hydrogen) atoms. The number of nitrogens with one attached hydrogen (secondary N) is 1. The molecule has 11 heteroatoms. The molecular weight excluding hydrogens is 427 g/mol. The van der Waals surface area contributed by atoms with Crippen LogP contribution >= 0.6 is 0 Å². The van der Waals surface area contributed by atoms with Crippen molar-refractivity contribution in [2.75, 3.05) is 25.5 Å². The molecule has 8 nitrogen and oxygen atoms in total. The molecule has 1 aromatic carbocycles. The van der Waals surface area contributed by atoms with Crippen molar-refractivity contribution in [1.29, 1.82) is 0 Å². The van der Waals surface area contributed by atoms with Crippen molar-refractivity contribution in [2.24, 2.45) is 0 Å². The zero-order chi connectivity index (χ0) is 22.9. The second-order valence-electron chi connectivity index (χ2n) is 7.33. The first-order chi connectivity index (χ1) is 15.3. The van der Waals surface area contributed by atoms with Gasteiger partial charge in [-0.1, -0.05) is 12.1 Å². The van der Waals surface area contributed by atoms with Gasteiger partial charge in [-0.25, -0.2) is 19.6 Å². The van der Waals surface area contributed by atoms with Crippen LogP contribution in [-0.2, 0) is 10.9 Å². The molecule has 0 bridgehead atoms. The third-order valence-corrected chi connectivity index (χ3v) is 5.39. The summed E-state index contributed by atoms with van der Waals surface area (Å²) in [4.78, 5) is 34.0. The Morgan fingerprint density at radius 3 is 2.53 bits per heavy atom. The van der Waals surface area contributed by atoms with E-state index in [0.29, 0.717) is 18.5 Å². The molecule has 2 amide bonds. The molecule has 3 aromatic rings. The van der Waals surface area contributed by atoms with Gasteiger partial charge < -0.3 is 19.5 Å². The number of para-hydroxylation sites is 1. The first kappa shape index (κ1) is 21.6. The smallest absolute Gasteiger partial charge is 0.449 e. The van der Waals surface area contributed by atoms with Gasteiger partial charge >= 0.3 is 18.2 Å². The van der Waals surface area contributed by atoms with Crippen molar-refractivity contribution in [2.45, 2.75) is 25.1 Å². The number of ether oxygens (including phenoxy) is 1. The Balaban J connectivity index is 1.50. The van der Waals surface area contributed by atoms with Gasteiger partial charge in [0.15, 0.2) is 5.65 Å². The third kappa shape index (κ3) is 4.10. The number of rotatable bonds is 3. The zero-order valence-electron chi connectivity index (χ0n) is 17.1. The maximum Gasteiger partial charge on any atom is 0.449 e. The van der Waals surface area contributed by atoms with Gasteiger partial charge in [-0.15, -0.1) is 0 Å². The lowest BCUT2D eigenvalue weighted by Crippen LogP contribution is -2.42. The van der Waals surface area contributed by atoms with Crippen LogP contribution in [0.15, 0.2) is 42.6 Å². The van der Waals surface area contributed by atoms with Crippen LogP contribution in [0.3, 0.4) is 0 Å². The molecule has 4 rings (SSSR count). The summed E-state index contributed by atoms with van der Waals surface area (Å²) in [5, 5.41) is 2.69. The molecule has 0 saturated carbocycles. The monoisotopic (exact) mass is 447 g/mol. The number of aromatic nitrogens is 3. The fourth-order valence-corrected chi connectivity index (χ4v) is 3.88. The lowest BCUT2D eigenvalue weighted by Gasteiger charge is -2.33. The second-order valence-corrected chi connectivity index (χ2v) is 7.33. The van der Waals surface area contributed by atoms with Gasteiger partial charge in [0.1, 0.15) is 5.52 Å². The van der Waals surface area contributed by atoms with E-state index in [1.807, 2.05) is 0 Å². The molecule has 3 heterocycles. The highest BCUT2D eigenvalue weighted by Gasteiger charge is 2.40.